The van der Waals surface area contributed by atoms with Gasteiger partial charge in [-0.1, -0.05) is 47.1 Å². The molecule has 1 aromatic heterocycles. The maximum Gasteiger partial charge on any atom is 0.276 e. The third-order valence-electron chi connectivity index (χ3n) is 5.03. The molecule has 0 bridgehead atoms. The minimum Gasteiger partial charge on any atom is -0.496 e. The summed E-state index contributed by atoms with van der Waals surface area (Å²) in [4.78, 5) is 15.0. The van der Waals surface area contributed by atoms with Crippen LogP contribution in [0.15, 0.2) is 54.7 Å². The van der Waals surface area contributed by atoms with Crippen molar-refractivity contribution in [3.63, 3.8) is 0 Å². The van der Waals surface area contributed by atoms with Gasteiger partial charge in [0.1, 0.15) is 5.75 Å². The first-order chi connectivity index (χ1) is 13.7. The number of rotatable bonds is 5. The molecule has 1 aliphatic heterocycles. The summed E-state index contributed by atoms with van der Waals surface area (Å²) in [5, 5.41) is 8.92. The van der Waals surface area contributed by atoms with E-state index in [0.29, 0.717) is 23.8 Å². The summed E-state index contributed by atoms with van der Waals surface area (Å²) >= 11 is 5.92. The van der Waals surface area contributed by atoms with Gasteiger partial charge in [-0.25, -0.2) is 4.68 Å². The van der Waals surface area contributed by atoms with E-state index in [9.17, 15) is 4.79 Å². The van der Waals surface area contributed by atoms with Gasteiger partial charge in [-0.3, -0.25) is 4.79 Å². The summed E-state index contributed by atoms with van der Waals surface area (Å²) in [6, 6.07) is 15.4. The van der Waals surface area contributed by atoms with Gasteiger partial charge in [0.15, 0.2) is 5.69 Å². The molecule has 2 heterocycles. The highest BCUT2D eigenvalue weighted by molar-refractivity contribution is 6.30. The molecule has 1 aliphatic rings. The summed E-state index contributed by atoms with van der Waals surface area (Å²) < 4.78 is 7.16. The van der Waals surface area contributed by atoms with Crippen molar-refractivity contribution in [2.75, 3.05) is 13.7 Å². The second-order valence-corrected chi connectivity index (χ2v) is 7.26. The Morgan fingerprint density at radius 2 is 2.00 bits per heavy atom. The van der Waals surface area contributed by atoms with E-state index in [1.807, 2.05) is 53.4 Å². The lowest BCUT2D eigenvalue weighted by molar-refractivity contribution is 0.0728. The van der Waals surface area contributed by atoms with E-state index in [-0.39, 0.29) is 11.9 Å². The predicted octanol–water partition coefficient (Wildman–Crippen LogP) is 3.97. The third-order valence-corrected chi connectivity index (χ3v) is 5.28. The Kier molecular flexibility index (Phi) is 5.30. The fourth-order valence-corrected chi connectivity index (χ4v) is 3.80. The van der Waals surface area contributed by atoms with E-state index in [4.69, 9.17) is 16.3 Å². The molecule has 1 saturated heterocycles. The molecule has 6 nitrogen and oxygen atoms in total. The molecule has 1 amide bonds. The average Bonchev–Trinajstić information content (AvgIpc) is 3.39. The zero-order valence-electron chi connectivity index (χ0n) is 15.6. The van der Waals surface area contributed by atoms with Gasteiger partial charge in [-0.05, 0) is 36.6 Å². The smallest absolute Gasteiger partial charge is 0.276 e. The third kappa shape index (κ3) is 3.73. The molecule has 2 aromatic carbocycles. The fourth-order valence-electron chi connectivity index (χ4n) is 3.67. The van der Waals surface area contributed by atoms with Crippen LogP contribution in [0, 0.1) is 0 Å². The molecule has 1 atom stereocenters. The highest BCUT2D eigenvalue weighted by atomic mass is 35.5. The number of para-hydroxylation sites is 1. The summed E-state index contributed by atoms with van der Waals surface area (Å²) in [6.07, 6.45) is 3.56. The van der Waals surface area contributed by atoms with Crippen LogP contribution < -0.4 is 4.74 Å². The van der Waals surface area contributed by atoms with Gasteiger partial charge in [0.25, 0.3) is 5.91 Å². The molecular formula is C21H21ClN4O2. The summed E-state index contributed by atoms with van der Waals surface area (Å²) in [5.41, 5.74) is 2.43. The van der Waals surface area contributed by atoms with Gasteiger partial charge in [-0.2, -0.15) is 0 Å². The Labute approximate surface area is 168 Å². The molecule has 28 heavy (non-hydrogen) atoms. The summed E-state index contributed by atoms with van der Waals surface area (Å²) in [7, 11) is 1.66. The normalized spacial score (nSPS) is 16.4. The van der Waals surface area contributed by atoms with E-state index in [2.05, 4.69) is 10.3 Å². The van der Waals surface area contributed by atoms with Crippen molar-refractivity contribution in [3.05, 3.63) is 76.6 Å². The average molecular weight is 397 g/mol. The standard InChI is InChI=1S/C21H21ClN4O2/c1-28-20-7-3-2-5-17(20)19-6-4-12-26(19)21(27)18-14-25(24-23-18)13-15-8-10-16(22)11-9-15/h2-3,5,7-11,14,19H,4,6,12-13H2,1H3. The van der Waals surface area contributed by atoms with E-state index < -0.39 is 0 Å². The van der Waals surface area contributed by atoms with Gasteiger partial charge in [0, 0.05) is 17.1 Å². The molecule has 7 heteroatoms. The van der Waals surface area contributed by atoms with Crippen LogP contribution in [-0.4, -0.2) is 39.5 Å². The number of nitrogens with zero attached hydrogens (tertiary/aromatic N) is 4. The largest absolute Gasteiger partial charge is 0.496 e. The van der Waals surface area contributed by atoms with Crippen molar-refractivity contribution >= 4 is 17.5 Å². The Morgan fingerprint density at radius 1 is 1.21 bits per heavy atom. The molecule has 1 fully saturated rings. The van der Waals surface area contributed by atoms with E-state index in [1.165, 1.54) is 0 Å². The number of carbonyl (C=O) groups excluding carboxylic acids is 1. The number of methoxy groups -OCH3 is 1. The molecule has 4 rings (SSSR count). The van der Waals surface area contributed by atoms with Gasteiger partial charge >= 0.3 is 0 Å². The minimum atomic E-state index is -0.101. The molecule has 1 unspecified atom stereocenters. The van der Waals surface area contributed by atoms with Crippen LogP contribution in [0.25, 0.3) is 0 Å². The van der Waals surface area contributed by atoms with Crippen molar-refractivity contribution in [1.82, 2.24) is 19.9 Å². The zero-order chi connectivity index (χ0) is 19.5. The second-order valence-electron chi connectivity index (χ2n) is 6.83. The van der Waals surface area contributed by atoms with Gasteiger partial charge in [0.2, 0.25) is 0 Å². The van der Waals surface area contributed by atoms with E-state index in [1.54, 1.807) is 18.0 Å². The van der Waals surface area contributed by atoms with Crippen LogP contribution in [0.5, 0.6) is 5.75 Å². The van der Waals surface area contributed by atoms with E-state index in [0.717, 1.165) is 29.7 Å². The summed E-state index contributed by atoms with van der Waals surface area (Å²) in [5.74, 6) is 0.703. The fraction of sp³-hybridized carbons (Fsp3) is 0.286. The van der Waals surface area contributed by atoms with Gasteiger partial charge < -0.3 is 9.64 Å². The van der Waals surface area contributed by atoms with Crippen LogP contribution >= 0.6 is 11.6 Å². The summed E-state index contributed by atoms with van der Waals surface area (Å²) in [6.45, 7) is 1.24. The van der Waals surface area contributed by atoms with Crippen LogP contribution in [-0.2, 0) is 6.54 Å². The number of carbonyl (C=O) groups is 1. The Morgan fingerprint density at radius 3 is 2.79 bits per heavy atom. The molecule has 0 spiro atoms. The minimum absolute atomic E-state index is 0.00920. The zero-order valence-corrected chi connectivity index (χ0v) is 16.3. The van der Waals surface area contributed by atoms with Gasteiger partial charge in [0.05, 0.1) is 25.9 Å². The Hall–Kier alpha value is -2.86. The Balaban J connectivity index is 1.52. The highest BCUT2D eigenvalue weighted by Gasteiger charge is 2.33. The maximum atomic E-state index is 13.1. The predicted molar refractivity (Wildman–Crippen MR) is 107 cm³/mol. The van der Waals surface area contributed by atoms with E-state index >= 15 is 0 Å². The number of ether oxygens (including phenoxy) is 1. The topological polar surface area (TPSA) is 60.2 Å². The van der Waals surface area contributed by atoms with Crippen LogP contribution in [0.1, 0.15) is 40.5 Å². The lowest BCUT2D eigenvalue weighted by Gasteiger charge is -2.25. The maximum absolute atomic E-state index is 13.1. The molecule has 0 N–H and O–H groups in total. The lowest BCUT2D eigenvalue weighted by Crippen LogP contribution is -2.31. The van der Waals surface area contributed by atoms with Crippen molar-refractivity contribution in [2.24, 2.45) is 0 Å². The first-order valence-electron chi connectivity index (χ1n) is 9.24. The number of likely N-dealkylation sites (tertiary alicyclic amines) is 1. The van der Waals surface area contributed by atoms with Gasteiger partial charge in [-0.15, -0.1) is 5.10 Å². The number of hydrogen-bond donors (Lipinski definition) is 0. The Bertz CT molecular complexity index is 971. The van der Waals surface area contributed by atoms with Crippen LogP contribution in [0.3, 0.4) is 0 Å². The SMILES string of the molecule is COc1ccccc1C1CCCN1C(=O)c1cn(Cc2ccc(Cl)cc2)nn1. The number of amides is 1. The first kappa shape index (κ1) is 18.5. The second kappa shape index (κ2) is 8.02. The number of benzene rings is 2. The molecule has 3 aromatic rings. The first-order valence-corrected chi connectivity index (χ1v) is 9.62. The lowest BCUT2D eigenvalue weighted by atomic mass is 10.0. The van der Waals surface area contributed by atoms with Crippen molar-refractivity contribution < 1.29 is 9.53 Å². The molecule has 144 valence electrons. The van der Waals surface area contributed by atoms with Crippen molar-refractivity contribution in [3.8, 4) is 5.75 Å². The highest BCUT2D eigenvalue weighted by Crippen LogP contribution is 2.37. The molecule has 0 saturated carbocycles. The molecule has 0 aliphatic carbocycles. The van der Waals surface area contributed by atoms with Crippen LogP contribution in [0.4, 0.5) is 0 Å². The number of halogens is 1. The van der Waals surface area contributed by atoms with Crippen LogP contribution in [0.2, 0.25) is 5.02 Å². The number of hydrogen-bond acceptors (Lipinski definition) is 4. The van der Waals surface area contributed by atoms with Crippen molar-refractivity contribution in [2.45, 2.75) is 25.4 Å². The quantitative estimate of drug-likeness (QED) is 0.654. The molecule has 0 radical (unpaired) electrons. The van der Waals surface area contributed by atoms with Crippen molar-refractivity contribution in [1.29, 1.82) is 0 Å². The molecular weight excluding hydrogens is 376 g/mol. The monoisotopic (exact) mass is 396 g/mol. The number of aromatic nitrogens is 3.